The maximum Gasteiger partial charge on any atom is 0.271 e. The van der Waals surface area contributed by atoms with E-state index in [1.807, 2.05) is 11.8 Å². The average molecular weight is 295 g/mol. The lowest BCUT2D eigenvalue weighted by atomic mass is 10.4. The van der Waals surface area contributed by atoms with Crippen molar-refractivity contribution in [3.05, 3.63) is 21.7 Å². The minimum Gasteiger partial charge on any atom is -0.355 e. The van der Waals surface area contributed by atoms with Crippen molar-refractivity contribution in [2.24, 2.45) is 0 Å². The van der Waals surface area contributed by atoms with Crippen LogP contribution in [0.5, 0.6) is 0 Å². The molecule has 0 aliphatic carbocycles. The zero-order valence-electron chi connectivity index (χ0n) is 8.46. The second-order valence-corrected chi connectivity index (χ2v) is 4.16. The first-order valence-electron chi connectivity index (χ1n) is 4.74. The van der Waals surface area contributed by atoms with Crippen molar-refractivity contribution in [1.82, 2.24) is 9.97 Å². The Balaban J connectivity index is 2.91. The molecule has 0 saturated heterocycles. The van der Waals surface area contributed by atoms with Crippen molar-refractivity contribution in [2.45, 2.75) is 13.3 Å². The van der Waals surface area contributed by atoms with Crippen molar-refractivity contribution in [2.75, 3.05) is 23.3 Å². The maximum atomic E-state index is 11.3. The summed E-state index contributed by atoms with van der Waals surface area (Å²) in [5.74, 6) is 0.559. The third-order valence-electron chi connectivity index (χ3n) is 2.02. The van der Waals surface area contributed by atoms with E-state index in [2.05, 4.69) is 25.9 Å². The summed E-state index contributed by atoms with van der Waals surface area (Å²) < 4.78 is 0. The number of hydrogen-bond acceptors (Lipinski definition) is 3. The summed E-state index contributed by atoms with van der Waals surface area (Å²) in [4.78, 5) is 19.8. The largest absolute Gasteiger partial charge is 0.355 e. The zero-order valence-corrected chi connectivity index (χ0v) is 10.8. The molecule has 1 aromatic rings. The summed E-state index contributed by atoms with van der Waals surface area (Å²) in [5.41, 5.74) is -0.293. The standard InChI is InChI=1S/C9H13BrClN3O/c1-2-14(5-3-4-10)8-7(11)9(15)13-6-12-8/h6H,2-5H2,1H3,(H,12,13,15). The second-order valence-electron chi connectivity index (χ2n) is 2.99. The molecule has 0 saturated carbocycles. The van der Waals surface area contributed by atoms with Crippen LogP contribution in [0.15, 0.2) is 11.1 Å². The van der Waals surface area contributed by atoms with Gasteiger partial charge in [0.15, 0.2) is 5.82 Å². The molecular weight excluding hydrogens is 281 g/mol. The Bertz CT molecular complexity index is 369. The van der Waals surface area contributed by atoms with Gasteiger partial charge in [-0.05, 0) is 13.3 Å². The first-order chi connectivity index (χ1) is 7.20. The van der Waals surface area contributed by atoms with E-state index in [1.54, 1.807) is 0 Å². The number of hydrogen-bond donors (Lipinski definition) is 1. The summed E-state index contributed by atoms with van der Waals surface area (Å²) in [5, 5.41) is 1.08. The van der Waals surface area contributed by atoms with Crippen LogP contribution < -0.4 is 10.5 Å². The summed E-state index contributed by atoms with van der Waals surface area (Å²) in [7, 11) is 0. The van der Waals surface area contributed by atoms with Gasteiger partial charge < -0.3 is 9.88 Å². The van der Waals surface area contributed by atoms with Crippen LogP contribution in [0.25, 0.3) is 0 Å². The molecule has 0 radical (unpaired) electrons. The molecule has 15 heavy (non-hydrogen) atoms. The molecule has 0 spiro atoms. The molecule has 0 atom stereocenters. The molecule has 84 valence electrons. The molecule has 0 fully saturated rings. The van der Waals surface area contributed by atoms with Crippen molar-refractivity contribution in [3.8, 4) is 0 Å². The first-order valence-corrected chi connectivity index (χ1v) is 6.24. The highest BCUT2D eigenvalue weighted by Crippen LogP contribution is 2.18. The summed E-state index contributed by atoms with van der Waals surface area (Å²) >= 11 is 9.25. The van der Waals surface area contributed by atoms with Crippen LogP contribution in [0.1, 0.15) is 13.3 Å². The lowest BCUT2D eigenvalue weighted by molar-refractivity contribution is 0.781. The van der Waals surface area contributed by atoms with Crippen molar-refractivity contribution < 1.29 is 0 Å². The number of nitrogens with zero attached hydrogens (tertiary/aromatic N) is 2. The van der Waals surface area contributed by atoms with Gasteiger partial charge in [0.05, 0.1) is 6.33 Å². The molecule has 0 amide bonds. The van der Waals surface area contributed by atoms with E-state index < -0.39 is 0 Å². The normalized spacial score (nSPS) is 10.3. The molecule has 4 nitrogen and oxygen atoms in total. The van der Waals surface area contributed by atoms with Gasteiger partial charge in [0.25, 0.3) is 5.56 Å². The predicted molar refractivity (Wildman–Crippen MR) is 66.2 cm³/mol. The van der Waals surface area contributed by atoms with Gasteiger partial charge in [0, 0.05) is 18.4 Å². The van der Waals surface area contributed by atoms with E-state index in [0.717, 1.165) is 24.8 Å². The number of aromatic amines is 1. The third-order valence-corrected chi connectivity index (χ3v) is 2.92. The van der Waals surface area contributed by atoms with E-state index >= 15 is 0 Å². The van der Waals surface area contributed by atoms with E-state index in [0.29, 0.717) is 5.82 Å². The summed E-state index contributed by atoms with van der Waals surface area (Å²) in [6.07, 6.45) is 2.36. The molecule has 6 heteroatoms. The number of anilines is 1. The maximum absolute atomic E-state index is 11.3. The highest BCUT2D eigenvalue weighted by atomic mass is 79.9. The van der Waals surface area contributed by atoms with Gasteiger partial charge in [0.1, 0.15) is 5.02 Å². The number of aromatic nitrogens is 2. The second kappa shape index (κ2) is 6.12. The molecule has 1 N–H and O–H groups in total. The zero-order chi connectivity index (χ0) is 11.3. The van der Waals surface area contributed by atoms with Crippen LogP contribution in [-0.2, 0) is 0 Å². The topological polar surface area (TPSA) is 49.0 Å². The van der Waals surface area contributed by atoms with Gasteiger partial charge in [-0.2, -0.15) is 0 Å². The quantitative estimate of drug-likeness (QED) is 0.846. The van der Waals surface area contributed by atoms with Crippen LogP contribution in [0.4, 0.5) is 5.82 Å². The lowest BCUT2D eigenvalue weighted by Gasteiger charge is -2.21. The molecule has 0 aromatic carbocycles. The molecule has 1 aromatic heterocycles. The van der Waals surface area contributed by atoms with Gasteiger partial charge in [-0.3, -0.25) is 4.79 Å². The Morgan fingerprint density at radius 3 is 3.00 bits per heavy atom. The Kier molecular flexibility index (Phi) is 5.11. The van der Waals surface area contributed by atoms with Crippen LogP contribution in [0.2, 0.25) is 5.02 Å². The van der Waals surface area contributed by atoms with Crippen LogP contribution >= 0.6 is 27.5 Å². The number of H-pyrrole nitrogens is 1. The fourth-order valence-electron chi connectivity index (χ4n) is 1.26. The van der Waals surface area contributed by atoms with Crippen molar-refractivity contribution in [3.63, 3.8) is 0 Å². The smallest absolute Gasteiger partial charge is 0.271 e. The Morgan fingerprint density at radius 1 is 1.67 bits per heavy atom. The van der Waals surface area contributed by atoms with Gasteiger partial charge in [0.2, 0.25) is 0 Å². The SMILES string of the molecule is CCN(CCCBr)c1nc[nH]c(=O)c1Cl. The van der Waals surface area contributed by atoms with E-state index in [4.69, 9.17) is 11.6 Å². The molecule has 0 aliphatic heterocycles. The highest BCUT2D eigenvalue weighted by Gasteiger charge is 2.11. The lowest BCUT2D eigenvalue weighted by Crippen LogP contribution is -2.27. The van der Waals surface area contributed by atoms with Crippen LogP contribution in [-0.4, -0.2) is 28.4 Å². The van der Waals surface area contributed by atoms with Crippen LogP contribution in [0.3, 0.4) is 0 Å². The Labute approximate surface area is 102 Å². The Hall–Kier alpha value is -0.550. The third kappa shape index (κ3) is 3.21. The first kappa shape index (κ1) is 12.5. The van der Waals surface area contributed by atoms with Crippen molar-refractivity contribution in [1.29, 1.82) is 0 Å². The molecule has 1 heterocycles. The average Bonchev–Trinajstić information content (AvgIpc) is 2.25. The number of rotatable bonds is 5. The molecule has 0 aliphatic rings. The summed E-state index contributed by atoms with van der Waals surface area (Å²) in [6, 6.07) is 0. The number of alkyl halides is 1. The number of halogens is 2. The van der Waals surface area contributed by atoms with E-state index in [-0.39, 0.29) is 10.6 Å². The van der Waals surface area contributed by atoms with Crippen molar-refractivity contribution >= 4 is 33.3 Å². The number of nitrogens with one attached hydrogen (secondary N) is 1. The van der Waals surface area contributed by atoms with Gasteiger partial charge in [-0.1, -0.05) is 27.5 Å². The molecule has 0 bridgehead atoms. The fraction of sp³-hybridized carbons (Fsp3) is 0.556. The predicted octanol–water partition coefficient (Wildman–Crippen LogP) is 2.03. The molecule has 1 rings (SSSR count). The van der Waals surface area contributed by atoms with Gasteiger partial charge in [-0.15, -0.1) is 0 Å². The van der Waals surface area contributed by atoms with Gasteiger partial charge in [-0.25, -0.2) is 4.98 Å². The van der Waals surface area contributed by atoms with Crippen LogP contribution in [0, 0.1) is 0 Å². The fourth-order valence-corrected chi connectivity index (χ4v) is 1.73. The molecule has 0 unspecified atom stereocenters. The van der Waals surface area contributed by atoms with E-state index in [1.165, 1.54) is 6.33 Å². The molecular formula is C9H13BrClN3O. The minimum absolute atomic E-state index is 0.161. The summed E-state index contributed by atoms with van der Waals surface area (Å²) in [6.45, 7) is 3.62. The highest BCUT2D eigenvalue weighted by molar-refractivity contribution is 9.09. The monoisotopic (exact) mass is 293 g/mol. The van der Waals surface area contributed by atoms with E-state index in [9.17, 15) is 4.79 Å². The van der Waals surface area contributed by atoms with Gasteiger partial charge >= 0.3 is 0 Å². The minimum atomic E-state index is -0.293. The Morgan fingerprint density at radius 2 is 2.40 bits per heavy atom.